The third kappa shape index (κ3) is 3.77. The summed E-state index contributed by atoms with van der Waals surface area (Å²) >= 11 is 5.47. The number of rotatable bonds is 6. The molecular weight excluding hydrogens is 431 g/mol. The zero-order chi connectivity index (χ0) is 23.0. The molecule has 1 N–H and O–H groups in total. The van der Waals surface area contributed by atoms with E-state index in [0.29, 0.717) is 11.3 Å². The second kappa shape index (κ2) is 7.93. The lowest BCUT2D eigenvalue weighted by molar-refractivity contribution is -0.141. The van der Waals surface area contributed by atoms with Crippen LogP contribution in [0.1, 0.15) is 25.0 Å². The van der Waals surface area contributed by atoms with Crippen LogP contribution in [-0.4, -0.2) is 17.3 Å². The molecule has 2 aromatic rings. The molecule has 0 saturated heterocycles. The normalized spacial score (nSPS) is 22.5. The van der Waals surface area contributed by atoms with Crippen molar-refractivity contribution < 1.29 is 27.8 Å². The van der Waals surface area contributed by atoms with E-state index in [1.807, 2.05) is 6.07 Å². The predicted octanol–water partition coefficient (Wildman–Crippen LogP) is 6.21. The van der Waals surface area contributed by atoms with E-state index in [0.717, 1.165) is 6.08 Å². The fourth-order valence-electron chi connectivity index (χ4n) is 4.33. The molecule has 0 bridgehead atoms. The van der Waals surface area contributed by atoms with Crippen molar-refractivity contribution in [3.05, 3.63) is 70.8 Å². The highest BCUT2D eigenvalue weighted by Crippen LogP contribution is 2.72. The summed E-state index contributed by atoms with van der Waals surface area (Å²) in [7, 11) is 0. The van der Waals surface area contributed by atoms with E-state index < -0.39 is 33.9 Å². The molecule has 1 aliphatic carbocycles. The SMILES string of the molecule is CC1(C)[C@@H](C=C(Cl)C(F)(F)F)[C@]1(C(=O)O)c1c(CC#N)cccc1Oc1ccccc1. The molecule has 1 aliphatic rings. The number of alkyl halides is 3. The standard InChI is InChI=1S/C23H19ClF3NO3/c1-21(2)17(13-18(24)23(25,26)27)22(21,20(29)30)19-14(11-12-28)7-6-10-16(19)31-15-8-4-3-5-9-15/h3-10,13,17H,11H2,1-2H3,(H,29,30)/t17-,22-/m1/s1. The molecule has 4 nitrogen and oxygen atoms in total. The number of para-hydroxylation sites is 1. The third-order valence-electron chi connectivity index (χ3n) is 5.85. The average Bonchev–Trinajstić information content (AvgIpc) is 3.17. The van der Waals surface area contributed by atoms with E-state index in [4.69, 9.17) is 16.3 Å². The maximum Gasteiger partial charge on any atom is 0.426 e. The fraction of sp³-hybridized carbons (Fsp3) is 0.304. The third-order valence-corrected chi connectivity index (χ3v) is 6.19. The van der Waals surface area contributed by atoms with Crippen LogP contribution in [0.3, 0.4) is 0 Å². The van der Waals surface area contributed by atoms with Gasteiger partial charge < -0.3 is 9.84 Å². The van der Waals surface area contributed by atoms with Gasteiger partial charge in [0.2, 0.25) is 0 Å². The highest BCUT2D eigenvalue weighted by atomic mass is 35.5. The lowest BCUT2D eigenvalue weighted by Crippen LogP contribution is -2.28. The molecule has 3 rings (SSSR count). The van der Waals surface area contributed by atoms with Crippen molar-refractivity contribution in [3.8, 4) is 17.6 Å². The van der Waals surface area contributed by atoms with Crippen molar-refractivity contribution in [1.29, 1.82) is 5.26 Å². The fourth-order valence-corrected chi connectivity index (χ4v) is 4.45. The number of nitrogens with zero attached hydrogens (tertiary/aromatic N) is 1. The Morgan fingerprint density at radius 2 is 1.87 bits per heavy atom. The zero-order valence-corrected chi connectivity index (χ0v) is 17.5. The predicted molar refractivity (Wildman–Crippen MR) is 109 cm³/mol. The van der Waals surface area contributed by atoms with E-state index in [1.165, 1.54) is 0 Å². The van der Waals surface area contributed by atoms with Gasteiger partial charge in [0.05, 0.1) is 12.5 Å². The highest BCUT2D eigenvalue weighted by Gasteiger charge is 2.77. The van der Waals surface area contributed by atoms with Crippen LogP contribution in [0.15, 0.2) is 59.6 Å². The number of aliphatic carboxylic acids is 1. The topological polar surface area (TPSA) is 70.3 Å². The molecular formula is C23H19ClF3NO3. The highest BCUT2D eigenvalue weighted by molar-refractivity contribution is 6.30. The van der Waals surface area contributed by atoms with Gasteiger partial charge in [0.1, 0.15) is 21.9 Å². The van der Waals surface area contributed by atoms with Crippen LogP contribution in [0, 0.1) is 22.7 Å². The van der Waals surface area contributed by atoms with Crippen LogP contribution in [0.25, 0.3) is 0 Å². The van der Waals surface area contributed by atoms with Crippen molar-refractivity contribution >= 4 is 17.6 Å². The number of hydrogen-bond acceptors (Lipinski definition) is 3. The quantitative estimate of drug-likeness (QED) is 0.569. The molecule has 8 heteroatoms. The monoisotopic (exact) mass is 449 g/mol. The van der Waals surface area contributed by atoms with Gasteiger partial charge in [-0.2, -0.15) is 18.4 Å². The number of halogens is 4. The van der Waals surface area contributed by atoms with Crippen molar-refractivity contribution in [2.45, 2.75) is 31.9 Å². The Morgan fingerprint density at radius 3 is 2.42 bits per heavy atom. The summed E-state index contributed by atoms with van der Waals surface area (Å²) in [5, 5.41) is 18.2. The van der Waals surface area contributed by atoms with Crippen LogP contribution < -0.4 is 4.74 Å². The van der Waals surface area contributed by atoms with Crippen molar-refractivity contribution in [2.24, 2.45) is 11.3 Å². The van der Waals surface area contributed by atoms with Crippen LogP contribution in [0.2, 0.25) is 0 Å². The van der Waals surface area contributed by atoms with Gasteiger partial charge >= 0.3 is 12.1 Å². The van der Waals surface area contributed by atoms with E-state index in [-0.39, 0.29) is 17.7 Å². The molecule has 0 aliphatic heterocycles. The van der Waals surface area contributed by atoms with Gasteiger partial charge in [-0.3, -0.25) is 4.79 Å². The molecule has 31 heavy (non-hydrogen) atoms. The summed E-state index contributed by atoms with van der Waals surface area (Å²) < 4.78 is 45.2. The zero-order valence-electron chi connectivity index (χ0n) is 16.7. The first-order valence-corrected chi connectivity index (χ1v) is 9.75. The second-order valence-electron chi connectivity index (χ2n) is 7.87. The van der Waals surface area contributed by atoms with E-state index in [9.17, 15) is 28.3 Å². The lowest BCUT2D eigenvalue weighted by atomic mass is 9.83. The smallest absolute Gasteiger partial charge is 0.426 e. The van der Waals surface area contributed by atoms with Crippen molar-refractivity contribution in [1.82, 2.24) is 0 Å². The van der Waals surface area contributed by atoms with E-state index in [2.05, 4.69) is 0 Å². The number of carbonyl (C=O) groups is 1. The van der Waals surface area contributed by atoms with Gasteiger partial charge in [-0.1, -0.05) is 61.9 Å². The van der Waals surface area contributed by atoms with Gasteiger partial charge in [-0.15, -0.1) is 0 Å². The van der Waals surface area contributed by atoms with E-state index in [1.54, 1.807) is 62.4 Å². The summed E-state index contributed by atoms with van der Waals surface area (Å²) in [5.41, 5.74) is -2.31. The number of allylic oxidation sites excluding steroid dienone is 2. The molecule has 2 aromatic carbocycles. The van der Waals surface area contributed by atoms with Gasteiger partial charge in [0.25, 0.3) is 0 Å². The first kappa shape index (κ1) is 22.7. The second-order valence-corrected chi connectivity index (χ2v) is 8.27. The summed E-state index contributed by atoms with van der Waals surface area (Å²) in [4.78, 5) is 12.6. The van der Waals surface area contributed by atoms with Crippen LogP contribution in [-0.2, 0) is 16.6 Å². The Hall–Kier alpha value is -2.98. The Labute approximate surface area is 182 Å². The molecule has 1 saturated carbocycles. The van der Waals surface area contributed by atoms with Crippen LogP contribution in [0.4, 0.5) is 13.2 Å². The number of ether oxygens (including phenoxy) is 1. The maximum absolute atomic E-state index is 13.1. The molecule has 0 amide bonds. The number of carboxylic acid groups (broad SMARTS) is 1. The average molecular weight is 450 g/mol. The minimum absolute atomic E-state index is 0.129. The lowest BCUT2D eigenvalue weighted by Gasteiger charge is -2.23. The Morgan fingerprint density at radius 1 is 1.23 bits per heavy atom. The Balaban J connectivity index is 2.24. The number of carboxylic acids is 1. The molecule has 0 aromatic heterocycles. The molecule has 1 fully saturated rings. The molecule has 0 spiro atoms. The first-order chi connectivity index (χ1) is 14.5. The molecule has 2 atom stereocenters. The largest absolute Gasteiger partial charge is 0.481 e. The number of hydrogen-bond donors (Lipinski definition) is 1. The summed E-state index contributed by atoms with van der Waals surface area (Å²) in [6.45, 7) is 3.14. The van der Waals surface area contributed by atoms with E-state index >= 15 is 0 Å². The molecule has 0 unspecified atom stereocenters. The van der Waals surface area contributed by atoms with Gasteiger partial charge in [-0.05, 0) is 29.2 Å². The van der Waals surface area contributed by atoms with Crippen LogP contribution in [0.5, 0.6) is 11.5 Å². The Kier molecular flexibility index (Phi) is 5.81. The summed E-state index contributed by atoms with van der Waals surface area (Å²) in [6, 6.07) is 15.3. The minimum atomic E-state index is -4.79. The maximum atomic E-state index is 13.1. The molecule has 0 radical (unpaired) electrons. The van der Waals surface area contributed by atoms with Crippen molar-refractivity contribution in [3.63, 3.8) is 0 Å². The number of nitriles is 1. The number of benzene rings is 2. The molecule has 0 heterocycles. The van der Waals surface area contributed by atoms with Gasteiger partial charge in [0, 0.05) is 11.5 Å². The van der Waals surface area contributed by atoms with Crippen molar-refractivity contribution in [2.75, 3.05) is 0 Å². The molecule has 162 valence electrons. The summed E-state index contributed by atoms with van der Waals surface area (Å²) in [6.07, 6.45) is -4.17. The van der Waals surface area contributed by atoms with Gasteiger partial charge in [-0.25, -0.2) is 0 Å². The van der Waals surface area contributed by atoms with Crippen LogP contribution >= 0.6 is 11.6 Å². The van der Waals surface area contributed by atoms with Gasteiger partial charge in [0.15, 0.2) is 0 Å². The first-order valence-electron chi connectivity index (χ1n) is 9.38. The Bertz CT molecular complexity index is 1070. The summed E-state index contributed by atoms with van der Waals surface area (Å²) in [5.74, 6) is -1.77. The minimum Gasteiger partial charge on any atom is -0.481 e.